The number of hydrogen-bond donors (Lipinski definition) is 1. The van der Waals surface area contributed by atoms with Crippen LogP contribution in [0.4, 0.5) is 0 Å². The summed E-state index contributed by atoms with van der Waals surface area (Å²) in [6.07, 6.45) is 0. The van der Waals surface area contributed by atoms with E-state index < -0.39 is 0 Å². The zero-order valence-electron chi connectivity index (χ0n) is 9.31. The second-order valence-electron chi connectivity index (χ2n) is 3.51. The fourth-order valence-corrected chi connectivity index (χ4v) is 2.32. The van der Waals surface area contributed by atoms with Gasteiger partial charge in [-0.2, -0.15) is 0 Å². The van der Waals surface area contributed by atoms with E-state index in [1.54, 1.807) is 11.8 Å². The lowest BCUT2D eigenvalue weighted by Crippen LogP contribution is -2.37. The van der Waals surface area contributed by atoms with Crippen LogP contribution in [0.2, 0.25) is 0 Å². The van der Waals surface area contributed by atoms with Crippen molar-refractivity contribution in [2.45, 2.75) is 12.1 Å². The average Bonchev–Trinajstić information content (AvgIpc) is 2.66. The molecule has 1 aromatic rings. The van der Waals surface area contributed by atoms with E-state index in [0.29, 0.717) is 0 Å². The first-order chi connectivity index (χ1) is 7.34. The molecular weight excluding hydrogens is 248 g/mol. The normalized spacial score (nSPS) is 17.1. The fraction of sp³-hybridized carbons (Fsp3) is 0.778. The van der Waals surface area contributed by atoms with Crippen LogP contribution in [0.15, 0.2) is 5.16 Å². The van der Waals surface area contributed by atoms with Crippen LogP contribution in [0.25, 0.3) is 0 Å². The number of nitrogens with zero attached hydrogens (tertiary/aromatic N) is 3. The second kappa shape index (κ2) is 7.11. The number of thioether (sulfide) groups is 1. The highest BCUT2D eigenvalue weighted by molar-refractivity contribution is 7.99. The molecule has 0 unspecified atom stereocenters. The van der Waals surface area contributed by atoms with E-state index in [-0.39, 0.29) is 12.4 Å². The van der Waals surface area contributed by atoms with Gasteiger partial charge in [-0.05, 0) is 6.92 Å². The highest BCUT2D eigenvalue weighted by Crippen LogP contribution is 2.12. The lowest BCUT2D eigenvalue weighted by Gasteiger charge is -2.25. The molecule has 1 saturated heterocycles. The van der Waals surface area contributed by atoms with Gasteiger partial charge in [-0.3, -0.25) is 10.00 Å². The maximum Gasteiger partial charge on any atom is 0.208 e. The zero-order valence-corrected chi connectivity index (χ0v) is 10.9. The Morgan fingerprint density at radius 2 is 2.19 bits per heavy atom. The van der Waals surface area contributed by atoms with Gasteiger partial charge < -0.3 is 4.74 Å². The van der Waals surface area contributed by atoms with Crippen molar-refractivity contribution in [3.05, 3.63) is 5.82 Å². The van der Waals surface area contributed by atoms with Gasteiger partial charge >= 0.3 is 0 Å². The Morgan fingerprint density at radius 3 is 2.81 bits per heavy atom. The first kappa shape index (κ1) is 13.8. The molecule has 1 aromatic heterocycles. The van der Waals surface area contributed by atoms with Gasteiger partial charge in [-0.25, -0.2) is 4.98 Å². The molecule has 0 radical (unpaired) electrons. The summed E-state index contributed by atoms with van der Waals surface area (Å²) in [5.41, 5.74) is 0. The molecule has 0 atom stereocenters. The molecule has 92 valence electrons. The summed E-state index contributed by atoms with van der Waals surface area (Å²) >= 11 is 1.70. The number of H-pyrrole nitrogens is 1. The van der Waals surface area contributed by atoms with E-state index in [4.69, 9.17) is 4.74 Å². The number of aryl methyl sites for hydroxylation is 1. The third kappa shape index (κ3) is 4.29. The van der Waals surface area contributed by atoms with Crippen LogP contribution in [0, 0.1) is 6.92 Å². The molecule has 0 amide bonds. The molecule has 0 spiro atoms. The van der Waals surface area contributed by atoms with E-state index >= 15 is 0 Å². The number of hydrogen-bond acceptors (Lipinski definition) is 5. The standard InChI is InChI=1S/C9H16N4OS.ClH/c1-8-10-9(12-11-8)15-7-4-13-2-5-14-6-3-13;/h2-7H2,1H3,(H,10,11,12);1H. The first-order valence-electron chi connectivity index (χ1n) is 5.16. The smallest absolute Gasteiger partial charge is 0.208 e. The second-order valence-corrected chi connectivity index (χ2v) is 4.57. The molecule has 2 rings (SSSR count). The van der Waals surface area contributed by atoms with Gasteiger partial charge in [-0.1, -0.05) is 11.8 Å². The van der Waals surface area contributed by atoms with Crippen molar-refractivity contribution in [1.29, 1.82) is 0 Å². The van der Waals surface area contributed by atoms with Crippen molar-refractivity contribution >= 4 is 24.2 Å². The van der Waals surface area contributed by atoms with Crippen molar-refractivity contribution in [3.8, 4) is 0 Å². The van der Waals surface area contributed by atoms with Crippen LogP contribution in [0.5, 0.6) is 0 Å². The fourth-order valence-electron chi connectivity index (χ4n) is 1.48. The van der Waals surface area contributed by atoms with Crippen LogP contribution in [-0.4, -0.2) is 58.7 Å². The number of ether oxygens (including phenoxy) is 1. The van der Waals surface area contributed by atoms with E-state index in [2.05, 4.69) is 20.1 Å². The molecule has 0 aromatic carbocycles. The minimum atomic E-state index is 0. The third-order valence-corrected chi connectivity index (χ3v) is 3.15. The molecule has 0 aliphatic carbocycles. The predicted molar refractivity (Wildman–Crippen MR) is 66.4 cm³/mol. The maximum atomic E-state index is 5.29. The number of halogens is 1. The van der Waals surface area contributed by atoms with E-state index in [9.17, 15) is 0 Å². The highest BCUT2D eigenvalue weighted by atomic mass is 35.5. The molecule has 1 aliphatic heterocycles. The molecule has 1 N–H and O–H groups in total. The Balaban J connectivity index is 0.00000128. The minimum Gasteiger partial charge on any atom is -0.379 e. The number of rotatable bonds is 4. The van der Waals surface area contributed by atoms with E-state index in [1.807, 2.05) is 6.92 Å². The topological polar surface area (TPSA) is 54.0 Å². The van der Waals surface area contributed by atoms with Crippen molar-refractivity contribution in [2.24, 2.45) is 0 Å². The van der Waals surface area contributed by atoms with Crippen molar-refractivity contribution in [1.82, 2.24) is 20.1 Å². The number of aromatic nitrogens is 3. The highest BCUT2D eigenvalue weighted by Gasteiger charge is 2.10. The summed E-state index contributed by atoms with van der Waals surface area (Å²) in [4.78, 5) is 6.66. The Bertz CT molecular complexity index is 303. The van der Waals surface area contributed by atoms with Gasteiger partial charge in [0.2, 0.25) is 5.16 Å². The van der Waals surface area contributed by atoms with E-state index in [1.165, 1.54) is 0 Å². The van der Waals surface area contributed by atoms with Gasteiger partial charge in [0.1, 0.15) is 5.82 Å². The number of morpholine rings is 1. The van der Waals surface area contributed by atoms with Gasteiger partial charge in [0.25, 0.3) is 0 Å². The summed E-state index contributed by atoms with van der Waals surface area (Å²) in [5.74, 6) is 1.92. The molecule has 1 aliphatic rings. The largest absolute Gasteiger partial charge is 0.379 e. The van der Waals surface area contributed by atoms with Gasteiger partial charge in [0, 0.05) is 25.4 Å². The van der Waals surface area contributed by atoms with Gasteiger partial charge in [0.15, 0.2) is 0 Å². The van der Waals surface area contributed by atoms with Crippen LogP contribution >= 0.6 is 24.2 Å². The quantitative estimate of drug-likeness (QED) is 0.821. The molecule has 0 saturated carbocycles. The lowest BCUT2D eigenvalue weighted by atomic mass is 10.4. The Kier molecular flexibility index (Phi) is 6.12. The van der Waals surface area contributed by atoms with Crippen LogP contribution < -0.4 is 0 Å². The number of nitrogens with one attached hydrogen (secondary N) is 1. The summed E-state index contributed by atoms with van der Waals surface area (Å²) in [6, 6.07) is 0. The molecule has 1 fully saturated rings. The first-order valence-corrected chi connectivity index (χ1v) is 6.15. The third-order valence-electron chi connectivity index (χ3n) is 2.32. The molecule has 0 bridgehead atoms. The average molecular weight is 265 g/mol. The van der Waals surface area contributed by atoms with Gasteiger partial charge in [-0.15, -0.1) is 17.5 Å². The molecular formula is C9H17ClN4OS. The summed E-state index contributed by atoms with van der Waals surface area (Å²) < 4.78 is 5.29. The molecule has 16 heavy (non-hydrogen) atoms. The van der Waals surface area contributed by atoms with Crippen LogP contribution in [0.3, 0.4) is 0 Å². The molecule has 7 heteroatoms. The Labute approximate surface area is 106 Å². The Hall–Kier alpha value is -0.300. The number of aromatic amines is 1. The zero-order chi connectivity index (χ0) is 10.5. The minimum absolute atomic E-state index is 0. The maximum absolute atomic E-state index is 5.29. The summed E-state index contributed by atoms with van der Waals surface area (Å²) in [5, 5.41) is 7.77. The van der Waals surface area contributed by atoms with E-state index in [0.717, 1.165) is 49.6 Å². The summed E-state index contributed by atoms with van der Waals surface area (Å²) in [7, 11) is 0. The lowest BCUT2D eigenvalue weighted by molar-refractivity contribution is 0.0410. The molecule has 5 nitrogen and oxygen atoms in total. The van der Waals surface area contributed by atoms with Crippen LogP contribution in [-0.2, 0) is 4.74 Å². The summed E-state index contributed by atoms with van der Waals surface area (Å²) in [6.45, 7) is 6.83. The van der Waals surface area contributed by atoms with Crippen molar-refractivity contribution in [3.63, 3.8) is 0 Å². The van der Waals surface area contributed by atoms with Gasteiger partial charge in [0.05, 0.1) is 13.2 Å². The van der Waals surface area contributed by atoms with Crippen molar-refractivity contribution in [2.75, 3.05) is 38.6 Å². The monoisotopic (exact) mass is 264 g/mol. The molecule has 2 heterocycles. The predicted octanol–water partition coefficient (Wildman–Crippen LogP) is 0.959. The Morgan fingerprint density at radius 1 is 1.44 bits per heavy atom. The van der Waals surface area contributed by atoms with Crippen molar-refractivity contribution < 1.29 is 4.74 Å². The SMILES string of the molecule is Cc1nc(SCCN2CCOCC2)n[nH]1.Cl. The van der Waals surface area contributed by atoms with Crippen LogP contribution in [0.1, 0.15) is 5.82 Å².